The minimum atomic E-state index is -0.893. The van der Waals surface area contributed by atoms with Crippen molar-refractivity contribution in [2.75, 3.05) is 25.5 Å². The summed E-state index contributed by atoms with van der Waals surface area (Å²) in [5.41, 5.74) is 5.45. The number of amides is 1. The first-order valence-electron chi connectivity index (χ1n) is 5.31. The molecular formula is C10H14N4O4S. The van der Waals surface area contributed by atoms with Crippen molar-refractivity contribution in [1.29, 1.82) is 0 Å². The summed E-state index contributed by atoms with van der Waals surface area (Å²) in [6, 6.07) is -0.893. The van der Waals surface area contributed by atoms with Crippen LogP contribution in [0.1, 0.15) is 9.67 Å². The number of carbonyl (C=O) groups excluding carboxylic acids is 3. The molecule has 4 N–H and O–H groups in total. The Morgan fingerprint density at radius 3 is 2.95 bits per heavy atom. The molecule has 1 rings (SSSR count). The van der Waals surface area contributed by atoms with E-state index in [1.807, 2.05) is 0 Å². The number of methoxy groups -OCH3 is 1. The van der Waals surface area contributed by atoms with E-state index < -0.39 is 12.0 Å². The summed E-state index contributed by atoms with van der Waals surface area (Å²) in [4.78, 5) is 37.2. The summed E-state index contributed by atoms with van der Waals surface area (Å²) in [6.07, 6.45) is 2.09. The maximum atomic E-state index is 11.4. The van der Waals surface area contributed by atoms with E-state index in [-0.39, 0.29) is 19.0 Å². The Morgan fingerprint density at radius 2 is 2.37 bits per heavy atom. The second-order valence-corrected chi connectivity index (χ2v) is 4.54. The first-order chi connectivity index (χ1) is 9.06. The van der Waals surface area contributed by atoms with Gasteiger partial charge in [0.25, 0.3) is 0 Å². The second kappa shape index (κ2) is 7.44. The largest absolute Gasteiger partial charge is 0.468 e. The Balaban J connectivity index is 2.28. The molecule has 1 amide bonds. The van der Waals surface area contributed by atoms with Crippen LogP contribution in [0.3, 0.4) is 0 Å². The van der Waals surface area contributed by atoms with Gasteiger partial charge < -0.3 is 21.1 Å². The molecule has 0 fully saturated rings. The second-order valence-electron chi connectivity index (χ2n) is 3.47. The number of aromatic nitrogens is 1. The standard InChI is InChI=1S/C10H14N4O4S/c1-18-9(17)7(11)3-12-8(16)4-14-10-13-2-6(5-15)19-10/h2,5,7H,3-4,11H2,1H3,(H,12,16)(H,13,14)/t7-/m0/s1. The predicted octanol–water partition coefficient (Wildman–Crippen LogP) is -1.02. The molecule has 0 aliphatic carbocycles. The highest BCUT2D eigenvalue weighted by molar-refractivity contribution is 7.17. The number of thiazole rings is 1. The summed E-state index contributed by atoms with van der Waals surface area (Å²) in [6.45, 7) is -0.0374. The summed E-state index contributed by atoms with van der Waals surface area (Å²) >= 11 is 1.14. The Bertz CT molecular complexity index is 462. The van der Waals surface area contributed by atoms with E-state index in [9.17, 15) is 14.4 Å². The van der Waals surface area contributed by atoms with Crippen LogP contribution < -0.4 is 16.4 Å². The van der Waals surface area contributed by atoms with Crippen molar-refractivity contribution in [3.05, 3.63) is 11.1 Å². The van der Waals surface area contributed by atoms with Crippen LogP contribution >= 0.6 is 11.3 Å². The third-order valence-corrected chi connectivity index (χ3v) is 2.94. The molecule has 104 valence electrons. The van der Waals surface area contributed by atoms with E-state index in [1.54, 1.807) is 0 Å². The molecule has 0 aliphatic rings. The number of rotatable bonds is 7. The zero-order valence-electron chi connectivity index (χ0n) is 10.2. The number of nitrogens with two attached hydrogens (primary N) is 1. The number of carbonyl (C=O) groups is 3. The molecule has 1 aromatic heterocycles. The van der Waals surface area contributed by atoms with Gasteiger partial charge >= 0.3 is 5.97 Å². The van der Waals surface area contributed by atoms with Gasteiger partial charge in [-0.15, -0.1) is 0 Å². The summed E-state index contributed by atoms with van der Waals surface area (Å²) in [5.74, 6) is -0.939. The van der Waals surface area contributed by atoms with Gasteiger partial charge in [0.05, 0.1) is 24.7 Å². The lowest BCUT2D eigenvalue weighted by atomic mass is 10.3. The van der Waals surface area contributed by atoms with E-state index in [2.05, 4.69) is 20.4 Å². The van der Waals surface area contributed by atoms with Crippen LogP contribution in [0.5, 0.6) is 0 Å². The number of aldehydes is 1. The quantitative estimate of drug-likeness (QED) is 0.433. The van der Waals surface area contributed by atoms with Crippen molar-refractivity contribution in [1.82, 2.24) is 10.3 Å². The third kappa shape index (κ3) is 5.02. The molecule has 0 unspecified atom stereocenters. The number of esters is 1. The highest BCUT2D eigenvalue weighted by atomic mass is 32.1. The molecule has 0 spiro atoms. The number of nitrogens with one attached hydrogen (secondary N) is 2. The summed E-state index contributed by atoms with van der Waals surface area (Å²) < 4.78 is 4.42. The first kappa shape index (κ1) is 15.1. The van der Waals surface area contributed by atoms with Gasteiger partial charge in [0, 0.05) is 6.54 Å². The average Bonchev–Trinajstić information content (AvgIpc) is 2.89. The first-order valence-corrected chi connectivity index (χ1v) is 6.13. The van der Waals surface area contributed by atoms with Crippen LogP contribution in [0.15, 0.2) is 6.20 Å². The molecular weight excluding hydrogens is 272 g/mol. The van der Waals surface area contributed by atoms with Gasteiger partial charge in [0.15, 0.2) is 11.4 Å². The topological polar surface area (TPSA) is 123 Å². The van der Waals surface area contributed by atoms with E-state index >= 15 is 0 Å². The van der Waals surface area contributed by atoms with Crippen LogP contribution in [0.25, 0.3) is 0 Å². The zero-order valence-corrected chi connectivity index (χ0v) is 11.0. The van der Waals surface area contributed by atoms with Crippen LogP contribution in [0, 0.1) is 0 Å². The smallest absolute Gasteiger partial charge is 0.324 e. The van der Waals surface area contributed by atoms with Gasteiger partial charge in [-0.05, 0) is 0 Å². The van der Waals surface area contributed by atoms with Crippen molar-refractivity contribution in [3.8, 4) is 0 Å². The Hall–Kier alpha value is -2.00. The van der Waals surface area contributed by atoms with E-state index in [1.165, 1.54) is 13.3 Å². The number of hydrogen-bond donors (Lipinski definition) is 3. The van der Waals surface area contributed by atoms with Crippen molar-refractivity contribution < 1.29 is 19.1 Å². The van der Waals surface area contributed by atoms with E-state index in [0.29, 0.717) is 16.3 Å². The zero-order chi connectivity index (χ0) is 14.3. The highest BCUT2D eigenvalue weighted by Gasteiger charge is 2.14. The molecule has 8 nitrogen and oxygen atoms in total. The Morgan fingerprint density at radius 1 is 1.63 bits per heavy atom. The van der Waals surface area contributed by atoms with Crippen molar-refractivity contribution >= 4 is 34.6 Å². The molecule has 19 heavy (non-hydrogen) atoms. The average molecular weight is 286 g/mol. The number of hydrogen-bond acceptors (Lipinski definition) is 8. The van der Waals surface area contributed by atoms with Crippen molar-refractivity contribution in [2.45, 2.75) is 6.04 Å². The van der Waals surface area contributed by atoms with Gasteiger partial charge in [0.2, 0.25) is 5.91 Å². The number of anilines is 1. The molecule has 0 saturated carbocycles. The molecule has 0 radical (unpaired) electrons. The number of nitrogens with zero attached hydrogens (tertiary/aromatic N) is 1. The molecule has 9 heteroatoms. The Labute approximate surface area is 113 Å². The minimum absolute atomic E-state index is 0.00928. The van der Waals surface area contributed by atoms with Crippen LogP contribution in [0.2, 0.25) is 0 Å². The number of ether oxygens (including phenoxy) is 1. The lowest BCUT2D eigenvalue weighted by Crippen LogP contribution is -2.44. The molecule has 1 heterocycles. The fourth-order valence-corrected chi connectivity index (χ4v) is 1.73. The lowest BCUT2D eigenvalue weighted by Gasteiger charge is -2.10. The monoisotopic (exact) mass is 286 g/mol. The molecule has 1 atom stereocenters. The molecule has 0 bridgehead atoms. The van der Waals surface area contributed by atoms with Crippen LogP contribution in [-0.4, -0.2) is 49.4 Å². The minimum Gasteiger partial charge on any atom is -0.468 e. The van der Waals surface area contributed by atoms with Crippen LogP contribution in [0.4, 0.5) is 5.13 Å². The van der Waals surface area contributed by atoms with Crippen LogP contribution in [-0.2, 0) is 14.3 Å². The molecule has 1 aromatic rings. The third-order valence-electron chi connectivity index (χ3n) is 2.06. The maximum absolute atomic E-state index is 11.4. The van der Waals surface area contributed by atoms with Gasteiger partial charge in [-0.25, -0.2) is 4.98 Å². The normalized spacial score (nSPS) is 11.5. The Kier molecular flexibility index (Phi) is 5.90. The predicted molar refractivity (Wildman–Crippen MR) is 69.0 cm³/mol. The maximum Gasteiger partial charge on any atom is 0.324 e. The van der Waals surface area contributed by atoms with E-state index in [4.69, 9.17) is 5.73 Å². The van der Waals surface area contributed by atoms with Gasteiger partial charge in [-0.3, -0.25) is 14.4 Å². The summed E-state index contributed by atoms with van der Waals surface area (Å²) in [7, 11) is 1.22. The summed E-state index contributed by atoms with van der Waals surface area (Å²) in [5, 5.41) is 5.68. The highest BCUT2D eigenvalue weighted by Crippen LogP contribution is 2.15. The molecule has 0 saturated heterocycles. The fourth-order valence-electron chi connectivity index (χ4n) is 1.10. The lowest BCUT2D eigenvalue weighted by molar-refractivity contribution is -0.142. The van der Waals surface area contributed by atoms with Gasteiger partial charge in [0.1, 0.15) is 6.04 Å². The van der Waals surface area contributed by atoms with Gasteiger partial charge in [-0.2, -0.15) is 0 Å². The SMILES string of the molecule is COC(=O)[C@@H](N)CNC(=O)CNc1ncc(C=O)s1. The fraction of sp³-hybridized carbons (Fsp3) is 0.400. The molecule has 0 aliphatic heterocycles. The van der Waals surface area contributed by atoms with Crippen molar-refractivity contribution in [2.24, 2.45) is 5.73 Å². The van der Waals surface area contributed by atoms with Gasteiger partial charge in [-0.1, -0.05) is 11.3 Å². The van der Waals surface area contributed by atoms with Crippen molar-refractivity contribution in [3.63, 3.8) is 0 Å². The van der Waals surface area contributed by atoms with E-state index in [0.717, 1.165) is 11.3 Å². The molecule has 0 aromatic carbocycles.